The van der Waals surface area contributed by atoms with Gasteiger partial charge in [0.1, 0.15) is 6.33 Å². The second-order valence-corrected chi connectivity index (χ2v) is 4.51. The van der Waals surface area contributed by atoms with Gasteiger partial charge in [0.15, 0.2) is 5.82 Å². The van der Waals surface area contributed by atoms with Crippen LogP contribution in [-0.2, 0) is 0 Å². The highest BCUT2D eigenvalue weighted by molar-refractivity contribution is 5.90. The van der Waals surface area contributed by atoms with Crippen LogP contribution in [0.3, 0.4) is 0 Å². The van der Waals surface area contributed by atoms with E-state index >= 15 is 0 Å². The third-order valence-electron chi connectivity index (χ3n) is 3.33. The second kappa shape index (κ2) is 4.31. The Morgan fingerprint density at radius 2 is 1.90 bits per heavy atom. The van der Waals surface area contributed by atoms with Gasteiger partial charge in [-0.25, -0.2) is 0 Å². The predicted molar refractivity (Wildman–Crippen MR) is 76.4 cm³/mol. The van der Waals surface area contributed by atoms with Crippen LogP contribution in [0.15, 0.2) is 61.2 Å². The van der Waals surface area contributed by atoms with Crippen molar-refractivity contribution in [1.82, 2.24) is 25.0 Å². The Balaban J connectivity index is 1.99. The standard InChI is InChI=1S/C15H11N5/c1-2-6-13-11(4-1)5-3-7-14(13)20-10-18-19-15(20)12-8-16-17-9-12/h1-10H,(H,16,17). The van der Waals surface area contributed by atoms with Crippen molar-refractivity contribution < 1.29 is 0 Å². The predicted octanol–water partition coefficient (Wildman–Crippen LogP) is 2.81. The Kier molecular flexibility index (Phi) is 2.35. The van der Waals surface area contributed by atoms with Gasteiger partial charge in [-0.1, -0.05) is 36.4 Å². The number of H-pyrrole nitrogens is 1. The maximum Gasteiger partial charge on any atom is 0.171 e. The lowest BCUT2D eigenvalue weighted by atomic mass is 10.1. The Bertz CT molecular complexity index is 856. The molecule has 0 aliphatic heterocycles. The minimum absolute atomic E-state index is 0.773. The Morgan fingerprint density at radius 1 is 1.00 bits per heavy atom. The lowest BCUT2D eigenvalue weighted by Crippen LogP contribution is -1.96. The SMILES string of the molecule is c1ccc2c(-n3cnnc3-c3cn[nH]c3)cccc2c1. The summed E-state index contributed by atoms with van der Waals surface area (Å²) in [6, 6.07) is 14.5. The molecule has 2 aromatic carbocycles. The minimum atomic E-state index is 0.773. The summed E-state index contributed by atoms with van der Waals surface area (Å²) in [4.78, 5) is 0. The van der Waals surface area contributed by atoms with Gasteiger partial charge in [0, 0.05) is 11.6 Å². The van der Waals surface area contributed by atoms with Crippen LogP contribution in [0.1, 0.15) is 0 Å². The van der Waals surface area contributed by atoms with E-state index in [2.05, 4.69) is 44.7 Å². The molecule has 4 aromatic rings. The number of nitrogens with zero attached hydrogens (tertiary/aromatic N) is 4. The molecule has 5 heteroatoms. The normalized spacial score (nSPS) is 11.0. The van der Waals surface area contributed by atoms with E-state index < -0.39 is 0 Å². The number of aromatic nitrogens is 5. The van der Waals surface area contributed by atoms with Crippen LogP contribution in [0, 0.1) is 0 Å². The van der Waals surface area contributed by atoms with Crippen molar-refractivity contribution in [2.75, 3.05) is 0 Å². The number of aromatic amines is 1. The highest BCUT2D eigenvalue weighted by Crippen LogP contribution is 2.25. The lowest BCUT2D eigenvalue weighted by molar-refractivity contribution is 1.08. The fraction of sp³-hybridized carbons (Fsp3) is 0. The van der Waals surface area contributed by atoms with Crippen LogP contribution in [0.25, 0.3) is 27.8 Å². The fourth-order valence-electron chi connectivity index (χ4n) is 2.40. The van der Waals surface area contributed by atoms with E-state index in [0.717, 1.165) is 17.1 Å². The third-order valence-corrected chi connectivity index (χ3v) is 3.33. The smallest absolute Gasteiger partial charge is 0.171 e. The van der Waals surface area contributed by atoms with Crippen molar-refractivity contribution in [3.05, 3.63) is 61.2 Å². The lowest BCUT2D eigenvalue weighted by Gasteiger charge is -2.09. The van der Waals surface area contributed by atoms with Crippen molar-refractivity contribution in [1.29, 1.82) is 0 Å². The zero-order chi connectivity index (χ0) is 13.4. The van der Waals surface area contributed by atoms with Gasteiger partial charge >= 0.3 is 0 Å². The van der Waals surface area contributed by atoms with Crippen LogP contribution < -0.4 is 0 Å². The van der Waals surface area contributed by atoms with E-state index in [4.69, 9.17) is 0 Å². The zero-order valence-electron chi connectivity index (χ0n) is 10.6. The van der Waals surface area contributed by atoms with Gasteiger partial charge in [-0.2, -0.15) is 5.10 Å². The molecule has 0 atom stereocenters. The maximum atomic E-state index is 4.19. The summed E-state index contributed by atoms with van der Waals surface area (Å²) in [5.74, 6) is 0.773. The van der Waals surface area contributed by atoms with Gasteiger partial charge in [-0.15, -0.1) is 10.2 Å². The number of hydrogen-bond acceptors (Lipinski definition) is 3. The van der Waals surface area contributed by atoms with E-state index in [-0.39, 0.29) is 0 Å². The van der Waals surface area contributed by atoms with Gasteiger partial charge in [0.2, 0.25) is 0 Å². The monoisotopic (exact) mass is 261 g/mol. The fourth-order valence-corrected chi connectivity index (χ4v) is 2.40. The number of rotatable bonds is 2. The summed E-state index contributed by atoms with van der Waals surface area (Å²) in [6.45, 7) is 0. The number of nitrogens with one attached hydrogen (secondary N) is 1. The number of hydrogen-bond donors (Lipinski definition) is 1. The average molecular weight is 261 g/mol. The summed E-state index contributed by atoms with van der Waals surface area (Å²) in [7, 11) is 0. The Morgan fingerprint density at radius 3 is 2.80 bits per heavy atom. The molecule has 0 amide bonds. The van der Waals surface area contributed by atoms with Crippen LogP contribution >= 0.6 is 0 Å². The molecule has 2 aromatic heterocycles. The zero-order valence-corrected chi connectivity index (χ0v) is 10.6. The first-order valence-electron chi connectivity index (χ1n) is 6.31. The number of benzene rings is 2. The Hall–Kier alpha value is -2.95. The summed E-state index contributed by atoms with van der Waals surface area (Å²) >= 11 is 0. The first-order valence-corrected chi connectivity index (χ1v) is 6.31. The summed E-state index contributed by atoms with van der Waals surface area (Å²) < 4.78 is 1.98. The molecule has 0 saturated carbocycles. The molecule has 5 nitrogen and oxygen atoms in total. The highest BCUT2D eigenvalue weighted by Gasteiger charge is 2.11. The van der Waals surface area contributed by atoms with Gasteiger partial charge in [-0.05, 0) is 11.5 Å². The molecule has 20 heavy (non-hydrogen) atoms. The quantitative estimate of drug-likeness (QED) is 0.603. The maximum absolute atomic E-state index is 4.19. The van der Waals surface area contributed by atoms with Crippen LogP contribution in [-0.4, -0.2) is 25.0 Å². The van der Waals surface area contributed by atoms with Gasteiger partial charge in [0.05, 0.1) is 17.4 Å². The third kappa shape index (κ3) is 1.60. The van der Waals surface area contributed by atoms with Crippen LogP contribution in [0.5, 0.6) is 0 Å². The first-order chi connectivity index (χ1) is 9.93. The van der Waals surface area contributed by atoms with Gasteiger partial charge in [0.25, 0.3) is 0 Å². The van der Waals surface area contributed by atoms with E-state index in [9.17, 15) is 0 Å². The summed E-state index contributed by atoms with van der Waals surface area (Å²) in [6.07, 6.45) is 5.28. The largest absolute Gasteiger partial charge is 0.285 e. The highest BCUT2D eigenvalue weighted by atomic mass is 15.3. The van der Waals surface area contributed by atoms with Gasteiger partial charge < -0.3 is 0 Å². The van der Waals surface area contributed by atoms with Crippen LogP contribution in [0.4, 0.5) is 0 Å². The minimum Gasteiger partial charge on any atom is -0.285 e. The molecule has 0 saturated heterocycles. The van der Waals surface area contributed by atoms with E-state index in [1.807, 2.05) is 29.0 Å². The molecule has 0 radical (unpaired) electrons. The topological polar surface area (TPSA) is 59.4 Å². The molecule has 1 N–H and O–H groups in total. The van der Waals surface area contributed by atoms with Crippen molar-refractivity contribution in [3.63, 3.8) is 0 Å². The molecule has 0 aliphatic carbocycles. The van der Waals surface area contributed by atoms with Crippen molar-refractivity contribution in [2.24, 2.45) is 0 Å². The summed E-state index contributed by atoms with van der Waals surface area (Å²) in [5, 5.41) is 17.4. The molecule has 2 heterocycles. The number of fused-ring (bicyclic) bond motifs is 1. The molecule has 4 rings (SSSR count). The molecule has 0 unspecified atom stereocenters. The van der Waals surface area contributed by atoms with E-state index in [0.29, 0.717) is 0 Å². The average Bonchev–Trinajstić information content (AvgIpc) is 3.17. The molecular weight excluding hydrogens is 250 g/mol. The van der Waals surface area contributed by atoms with Crippen molar-refractivity contribution >= 4 is 10.8 Å². The molecule has 0 bridgehead atoms. The van der Waals surface area contributed by atoms with Crippen molar-refractivity contribution in [2.45, 2.75) is 0 Å². The van der Waals surface area contributed by atoms with E-state index in [1.54, 1.807) is 12.5 Å². The van der Waals surface area contributed by atoms with Crippen LogP contribution in [0.2, 0.25) is 0 Å². The molecular formula is C15H11N5. The van der Waals surface area contributed by atoms with Gasteiger partial charge in [-0.3, -0.25) is 9.67 Å². The van der Waals surface area contributed by atoms with Crippen molar-refractivity contribution in [3.8, 4) is 17.1 Å². The molecule has 0 aliphatic rings. The molecule has 0 fully saturated rings. The van der Waals surface area contributed by atoms with E-state index in [1.165, 1.54) is 10.8 Å². The molecule has 96 valence electrons. The Labute approximate surface area is 114 Å². The summed E-state index contributed by atoms with van der Waals surface area (Å²) in [5.41, 5.74) is 1.97. The first kappa shape index (κ1) is 10.9. The molecule has 0 spiro atoms. The second-order valence-electron chi connectivity index (χ2n) is 4.51.